The molecule has 7 heteroatoms. The van der Waals surface area contributed by atoms with Crippen LogP contribution in [0.3, 0.4) is 0 Å². The number of anilines is 2. The maximum absolute atomic E-state index is 14.3. The molecule has 0 amide bonds. The number of esters is 1. The first-order valence-electron chi connectivity index (χ1n) is 8.69. The summed E-state index contributed by atoms with van der Waals surface area (Å²) in [6.07, 6.45) is 3.48. The molecule has 0 aliphatic rings. The highest BCUT2D eigenvalue weighted by Gasteiger charge is 2.16. The van der Waals surface area contributed by atoms with Crippen LogP contribution in [0.15, 0.2) is 18.2 Å². The molecule has 0 spiro atoms. The number of carbonyl (C=O) groups is 1. The van der Waals surface area contributed by atoms with Crippen molar-refractivity contribution in [2.75, 3.05) is 24.7 Å². The lowest BCUT2D eigenvalue weighted by atomic mass is 10.0. The molecule has 0 fully saturated rings. The van der Waals surface area contributed by atoms with Gasteiger partial charge >= 0.3 is 5.97 Å². The lowest BCUT2D eigenvalue weighted by molar-refractivity contribution is 0.0600. The Bertz CT molecular complexity index is 780. The third-order valence-electron chi connectivity index (χ3n) is 4.14. The summed E-state index contributed by atoms with van der Waals surface area (Å²) in [6, 6.07) is 4.17. The number of nitrogen functional groups attached to an aromatic ring is 1. The number of benzene rings is 1. The van der Waals surface area contributed by atoms with E-state index in [0.717, 1.165) is 31.4 Å². The van der Waals surface area contributed by atoms with Gasteiger partial charge in [0.25, 0.3) is 0 Å². The molecule has 1 aromatic heterocycles. The van der Waals surface area contributed by atoms with Crippen molar-refractivity contribution < 1.29 is 13.9 Å². The van der Waals surface area contributed by atoms with Gasteiger partial charge in [-0.25, -0.2) is 14.2 Å². The van der Waals surface area contributed by atoms with Gasteiger partial charge in [0.1, 0.15) is 11.6 Å². The van der Waals surface area contributed by atoms with Crippen LogP contribution >= 0.6 is 0 Å². The van der Waals surface area contributed by atoms with Crippen molar-refractivity contribution in [3.63, 3.8) is 0 Å². The second-order valence-corrected chi connectivity index (χ2v) is 6.10. The highest BCUT2D eigenvalue weighted by atomic mass is 19.1. The standard InChI is InChI=1S/C19H25FN4O2/c1-4-5-6-9-22-17-15(12(2)23-19(21)24-17)11-14-10-13(18(25)26-3)7-8-16(14)20/h7-8,10H,4-6,9,11H2,1-3H3,(H3,21,22,23,24). The molecule has 2 rings (SSSR count). The summed E-state index contributed by atoms with van der Waals surface area (Å²) in [7, 11) is 1.29. The van der Waals surface area contributed by atoms with E-state index >= 15 is 0 Å². The van der Waals surface area contributed by atoms with Gasteiger partial charge in [0.15, 0.2) is 0 Å². The van der Waals surface area contributed by atoms with E-state index in [1.807, 2.05) is 6.92 Å². The number of aryl methyl sites for hydroxylation is 1. The van der Waals surface area contributed by atoms with E-state index in [0.29, 0.717) is 22.6 Å². The minimum atomic E-state index is -0.505. The van der Waals surface area contributed by atoms with Crippen LogP contribution in [-0.4, -0.2) is 29.6 Å². The Morgan fingerprint density at radius 3 is 2.77 bits per heavy atom. The number of ether oxygens (including phenoxy) is 1. The van der Waals surface area contributed by atoms with Gasteiger partial charge in [-0.05, 0) is 37.1 Å². The molecule has 0 aliphatic carbocycles. The van der Waals surface area contributed by atoms with Crippen LogP contribution in [0.5, 0.6) is 0 Å². The SMILES string of the molecule is CCCCCNc1nc(N)nc(C)c1Cc1cc(C(=O)OC)ccc1F. The average molecular weight is 360 g/mol. The molecule has 26 heavy (non-hydrogen) atoms. The number of hydrogen-bond donors (Lipinski definition) is 2. The number of halogens is 1. The van der Waals surface area contributed by atoms with E-state index in [2.05, 4.69) is 22.2 Å². The lowest BCUT2D eigenvalue weighted by Crippen LogP contribution is -2.12. The number of nitrogens with two attached hydrogens (primary N) is 1. The van der Waals surface area contributed by atoms with E-state index in [1.54, 1.807) is 0 Å². The van der Waals surface area contributed by atoms with Crippen LogP contribution in [0.1, 0.15) is 53.4 Å². The van der Waals surface area contributed by atoms with E-state index in [9.17, 15) is 9.18 Å². The first-order valence-corrected chi connectivity index (χ1v) is 8.69. The Hall–Kier alpha value is -2.70. The Morgan fingerprint density at radius 2 is 2.08 bits per heavy atom. The van der Waals surface area contributed by atoms with Gasteiger partial charge in [0.05, 0.1) is 12.7 Å². The van der Waals surface area contributed by atoms with Crippen LogP contribution in [0.4, 0.5) is 16.2 Å². The zero-order valence-electron chi connectivity index (χ0n) is 15.4. The number of rotatable bonds is 8. The molecule has 0 saturated carbocycles. The summed E-state index contributed by atoms with van der Waals surface area (Å²) in [4.78, 5) is 20.2. The zero-order chi connectivity index (χ0) is 19.1. The first-order chi connectivity index (χ1) is 12.5. The molecule has 0 saturated heterocycles. The van der Waals surface area contributed by atoms with Crippen LogP contribution in [-0.2, 0) is 11.2 Å². The number of methoxy groups -OCH3 is 1. The van der Waals surface area contributed by atoms with E-state index in [-0.39, 0.29) is 12.4 Å². The third-order valence-corrected chi connectivity index (χ3v) is 4.14. The molecule has 3 N–H and O–H groups in total. The summed E-state index contributed by atoms with van der Waals surface area (Å²) < 4.78 is 19.0. The number of carbonyl (C=O) groups excluding carboxylic acids is 1. The number of aromatic nitrogens is 2. The van der Waals surface area contributed by atoms with Crippen LogP contribution < -0.4 is 11.1 Å². The van der Waals surface area contributed by atoms with Gasteiger partial charge in [-0.2, -0.15) is 4.98 Å². The van der Waals surface area contributed by atoms with Crippen molar-refractivity contribution in [3.05, 3.63) is 46.4 Å². The second-order valence-electron chi connectivity index (χ2n) is 6.10. The minimum Gasteiger partial charge on any atom is -0.465 e. The Balaban J connectivity index is 2.32. The van der Waals surface area contributed by atoms with E-state index in [1.165, 1.54) is 25.3 Å². The normalized spacial score (nSPS) is 10.6. The maximum atomic E-state index is 14.3. The fourth-order valence-corrected chi connectivity index (χ4v) is 2.70. The molecule has 1 heterocycles. The van der Waals surface area contributed by atoms with E-state index in [4.69, 9.17) is 10.5 Å². The molecule has 0 radical (unpaired) electrons. The Kier molecular flexibility index (Phi) is 6.89. The summed E-state index contributed by atoms with van der Waals surface area (Å²) in [6.45, 7) is 4.70. The van der Waals surface area contributed by atoms with E-state index < -0.39 is 11.8 Å². The predicted molar refractivity (Wildman–Crippen MR) is 99.7 cm³/mol. The maximum Gasteiger partial charge on any atom is 0.337 e. The Morgan fingerprint density at radius 1 is 1.31 bits per heavy atom. The van der Waals surface area contributed by atoms with Gasteiger partial charge in [-0.3, -0.25) is 0 Å². The molecule has 1 aromatic carbocycles. The number of unbranched alkanes of at least 4 members (excludes halogenated alkanes) is 2. The smallest absolute Gasteiger partial charge is 0.337 e. The van der Waals surface area contributed by atoms with Gasteiger partial charge in [0, 0.05) is 24.2 Å². The number of nitrogens with one attached hydrogen (secondary N) is 1. The number of hydrogen-bond acceptors (Lipinski definition) is 6. The van der Waals surface area contributed by atoms with Crippen molar-refractivity contribution in [2.45, 2.75) is 39.5 Å². The molecule has 6 nitrogen and oxygen atoms in total. The first kappa shape index (κ1) is 19.6. The van der Waals surface area contributed by atoms with Gasteiger partial charge < -0.3 is 15.8 Å². The van der Waals surface area contributed by atoms with Crippen LogP contribution in [0.2, 0.25) is 0 Å². The fraction of sp³-hybridized carbons (Fsp3) is 0.421. The molecule has 140 valence electrons. The molecule has 0 atom stereocenters. The third kappa shape index (κ3) is 4.91. The molecular formula is C19H25FN4O2. The molecular weight excluding hydrogens is 335 g/mol. The minimum absolute atomic E-state index is 0.174. The Labute approximate surface area is 153 Å². The monoisotopic (exact) mass is 360 g/mol. The molecule has 2 aromatic rings. The van der Waals surface area contributed by atoms with Crippen molar-refractivity contribution in [1.29, 1.82) is 0 Å². The highest BCUT2D eigenvalue weighted by Crippen LogP contribution is 2.23. The quantitative estimate of drug-likeness (QED) is 0.553. The van der Waals surface area contributed by atoms with Crippen molar-refractivity contribution >= 4 is 17.7 Å². The summed E-state index contributed by atoms with van der Waals surface area (Å²) in [5, 5.41) is 3.27. The molecule has 0 aliphatic heterocycles. The van der Waals surface area contributed by atoms with Crippen molar-refractivity contribution in [3.8, 4) is 0 Å². The molecule has 0 bridgehead atoms. The zero-order valence-corrected chi connectivity index (χ0v) is 15.4. The largest absolute Gasteiger partial charge is 0.465 e. The topological polar surface area (TPSA) is 90.1 Å². The average Bonchev–Trinajstić information content (AvgIpc) is 2.62. The predicted octanol–water partition coefficient (Wildman–Crippen LogP) is 3.49. The van der Waals surface area contributed by atoms with Crippen LogP contribution in [0.25, 0.3) is 0 Å². The number of nitrogens with zero attached hydrogens (tertiary/aromatic N) is 2. The van der Waals surface area contributed by atoms with Crippen LogP contribution in [0, 0.1) is 12.7 Å². The van der Waals surface area contributed by atoms with Crippen molar-refractivity contribution in [2.24, 2.45) is 0 Å². The van der Waals surface area contributed by atoms with Gasteiger partial charge in [0.2, 0.25) is 5.95 Å². The molecule has 0 unspecified atom stereocenters. The van der Waals surface area contributed by atoms with Gasteiger partial charge in [-0.15, -0.1) is 0 Å². The lowest BCUT2D eigenvalue weighted by Gasteiger charge is -2.14. The fourth-order valence-electron chi connectivity index (χ4n) is 2.70. The second kappa shape index (κ2) is 9.12. The van der Waals surface area contributed by atoms with Crippen molar-refractivity contribution in [1.82, 2.24) is 9.97 Å². The summed E-state index contributed by atoms with van der Waals surface area (Å²) in [5.41, 5.74) is 7.88. The highest BCUT2D eigenvalue weighted by molar-refractivity contribution is 5.89. The van der Waals surface area contributed by atoms with Gasteiger partial charge in [-0.1, -0.05) is 19.8 Å². The summed E-state index contributed by atoms with van der Waals surface area (Å²) >= 11 is 0. The summed E-state index contributed by atoms with van der Waals surface area (Å²) in [5.74, 6) is -0.123.